The van der Waals surface area contributed by atoms with Crippen LogP contribution in [0.25, 0.3) is 16.8 Å². The summed E-state index contributed by atoms with van der Waals surface area (Å²) in [5.41, 5.74) is 4.53. The Hall–Kier alpha value is -4.56. The molecule has 2 amide bonds. The molecule has 4 heterocycles. The lowest BCUT2D eigenvalue weighted by Crippen LogP contribution is -2.63. The predicted octanol–water partition coefficient (Wildman–Crippen LogP) is 0.516. The average Bonchev–Trinajstić information content (AvgIpc) is 3.52. The lowest BCUT2D eigenvalue weighted by atomic mass is 9.94. The number of morpholine rings is 1. The Kier molecular flexibility index (Phi) is 5.74. The number of hydrogen-bond acceptors (Lipinski definition) is 11. The Labute approximate surface area is 203 Å². The monoisotopic (exact) mass is 494 g/mol. The maximum absolute atomic E-state index is 13.4. The molecule has 2 atom stereocenters. The minimum absolute atomic E-state index is 0.0735. The fraction of sp³-hybridized carbons (Fsp3) is 0.273. The highest BCUT2D eigenvalue weighted by atomic mass is 16.5. The number of aliphatic hydroxyl groups excluding tert-OH is 1. The molecule has 1 aromatic carbocycles. The number of carbonyl (C=O) groups excluding carboxylic acids is 2. The molecule has 1 aliphatic rings. The second-order valence-electron chi connectivity index (χ2n) is 8.10. The number of nitrogen functional groups attached to an aromatic ring is 1. The maximum atomic E-state index is 13.4. The second-order valence-corrected chi connectivity index (χ2v) is 8.10. The summed E-state index contributed by atoms with van der Waals surface area (Å²) in [6, 6.07) is 8.12. The van der Waals surface area contributed by atoms with Crippen LogP contribution < -0.4 is 20.7 Å². The van der Waals surface area contributed by atoms with Gasteiger partial charge in [0.1, 0.15) is 0 Å². The largest absolute Gasteiger partial charge is 0.467 e. The van der Waals surface area contributed by atoms with Gasteiger partial charge in [0.15, 0.2) is 34.7 Å². The smallest absolute Gasteiger partial charge is 0.318 e. The fourth-order valence-electron chi connectivity index (χ4n) is 3.83. The number of amides is 2. The van der Waals surface area contributed by atoms with Crippen LogP contribution in [0.1, 0.15) is 6.92 Å². The molecule has 0 radical (unpaired) electrons. The van der Waals surface area contributed by atoms with E-state index in [2.05, 4.69) is 25.5 Å². The lowest BCUT2D eigenvalue weighted by molar-refractivity contribution is -0.170. The molecular formula is C22H22N8O6. The summed E-state index contributed by atoms with van der Waals surface area (Å²) in [7, 11) is 1.45. The summed E-state index contributed by atoms with van der Waals surface area (Å²) < 4.78 is 17.2. The average molecular weight is 494 g/mol. The number of aromatic nitrogens is 5. The van der Waals surface area contributed by atoms with E-state index >= 15 is 0 Å². The molecule has 3 aromatic heterocycles. The van der Waals surface area contributed by atoms with Crippen LogP contribution in [0.4, 0.5) is 17.3 Å². The highest BCUT2D eigenvalue weighted by Crippen LogP contribution is 2.29. The van der Waals surface area contributed by atoms with Crippen LogP contribution in [-0.4, -0.2) is 73.8 Å². The van der Waals surface area contributed by atoms with E-state index in [1.807, 2.05) is 0 Å². The van der Waals surface area contributed by atoms with Gasteiger partial charge in [0.05, 0.1) is 25.6 Å². The SMILES string of the molecule is COc1nccc(-n2ccc(N3CCO[C@](C)(C(O)C(=O)Nc4ccc5c(N)noc5c4)C3=O)n2)n1. The fourth-order valence-corrected chi connectivity index (χ4v) is 3.83. The first-order chi connectivity index (χ1) is 17.3. The zero-order valence-electron chi connectivity index (χ0n) is 19.3. The standard InChI is InChI=1S/C22H22N8O6/c1-22(17(31)19(32)25-12-3-4-13-14(11-12)36-28-18(13)23)20(33)29(9-10-35-22)16-6-8-30(27-16)15-5-7-24-21(26-15)34-2/h3-8,11,17,31H,9-10H2,1-2H3,(H2,23,28)(H,25,32)/t17?,22-/m1/s1. The van der Waals surface area contributed by atoms with E-state index in [0.29, 0.717) is 28.3 Å². The van der Waals surface area contributed by atoms with Gasteiger partial charge in [-0.25, -0.2) is 9.67 Å². The van der Waals surface area contributed by atoms with Gasteiger partial charge >= 0.3 is 6.01 Å². The van der Waals surface area contributed by atoms with Gasteiger partial charge in [-0.2, -0.15) is 4.98 Å². The number of nitrogens with two attached hydrogens (primary N) is 1. The zero-order valence-corrected chi connectivity index (χ0v) is 19.3. The topological polar surface area (TPSA) is 184 Å². The van der Waals surface area contributed by atoms with Gasteiger partial charge in [0.25, 0.3) is 11.8 Å². The number of carbonyl (C=O) groups is 2. The van der Waals surface area contributed by atoms with Gasteiger partial charge in [0.2, 0.25) is 0 Å². The molecule has 186 valence electrons. The molecule has 0 spiro atoms. The lowest BCUT2D eigenvalue weighted by Gasteiger charge is -2.40. The Morgan fingerprint density at radius 3 is 2.94 bits per heavy atom. The van der Waals surface area contributed by atoms with E-state index in [0.717, 1.165) is 0 Å². The molecule has 14 nitrogen and oxygen atoms in total. The third-order valence-electron chi connectivity index (χ3n) is 5.81. The number of aliphatic hydroxyl groups is 1. The summed E-state index contributed by atoms with van der Waals surface area (Å²) in [6.45, 7) is 1.61. The third-order valence-corrected chi connectivity index (χ3v) is 5.81. The van der Waals surface area contributed by atoms with Crippen molar-refractivity contribution in [2.24, 2.45) is 0 Å². The number of rotatable bonds is 6. The van der Waals surface area contributed by atoms with Crippen LogP contribution in [-0.2, 0) is 14.3 Å². The van der Waals surface area contributed by atoms with Crippen LogP contribution in [0.15, 0.2) is 47.2 Å². The van der Waals surface area contributed by atoms with Crippen molar-refractivity contribution < 1.29 is 28.7 Å². The first kappa shape index (κ1) is 23.2. The van der Waals surface area contributed by atoms with E-state index in [9.17, 15) is 14.7 Å². The van der Waals surface area contributed by atoms with Crippen LogP contribution in [0.5, 0.6) is 6.01 Å². The molecule has 0 aliphatic carbocycles. The van der Waals surface area contributed by atoms with Gasteiger partial charge in [-0.1, -0.05) is 5.16 Å². The minimum atomic E-state index is -1.86. The normalized spacial score (nSPS) is 18.9. The number of anilines is 3. The van der Waals surface area contributed by atoms with Crippen molar-refractivity contribution in [2.75, 3.05) is 36.2 Å². The number of methoxy groups -OCH3 is 1. The van der Waals surface area contributed by atoms with Gasteiger partial charge < -0.3 is 30.2 Å². The molecule has 1 saturated heterocycles. The summed E-state index contributed by atoms with van der Waals surface area (Å²) in [6.07, 6.45) is 1.31. The van der Waals surface area contributed by atoms with Gasteiger partial charge in [-0.05, 0) is 19.1 Å². The Balaban J connectivity index is 1.34. The number of fused-ring (bicyclic) bond motifs is 1. The van der Waals surface area contributed by atoms with E-state index in [4.69, 9.17) is 19.7 Å². The third kappa shape index (κ3) is 3.97. The van der Waals surface area contributed by atoms with Gasteiger partial charge in [0, 0.05) is 36.3 Å². The Morgan fingerprint density at radius 1 is 1.31 bits per heavy atom. The molecule has 0 bridgehead atoms. The minimum Gasteiger partial charge on any atom is -0.467 e. The molecule has 4 aromatic rings. The van der Waals surface area contributed by atoms with Crippen molar-refractivity contribution in [3.8, 4) is 11.8 Å². The first-order valence-electron chi connectivity index (χ1n) is 10.8. The summed E-state index contributed by atoms with van der Waals surface area (Å²) in [5.74, 6) is -0.508. The molecule has 1 unspecified atom stereocenters. The number of benzene rings is 1. The summed E-state index contributed by atoms with van der Waals surface area (Å²) in [4.78, 5) is 35.8. The van der Waals surface area contributed by atoms with E-state index in [-0.39, 0.29) is 25.0 Å². The molecule has 14 heteroatoms. The van der Waals surface area contributed by atoms with Crippen molar-refractivity contribution >= 4 is 40.1 Å². The van der Waals surface area contributed by atoms with E-state index in [1.54, 1.807) is 30.5 Å². The molecule has 0 saturated carbocycles. The molecule has 1 fully saturated rings. The highest BCUT2D eigenvalue weighted by Gasteiger charge is 2.51. The number of nitrogens with one attached hydrogen (secondary N) is 1. The van der Waals surface area contributed by atoms with Crippen LogP contribution in [0, 0.1) is 0 Å². The summed E-state index contributed by atoms with van der Waals surface area (Å²) in [5, 5.41) is 22.1. The molecule has 36 heavy (non-hydrogen) atoms. The van der Waals surface area contributed by atoms with Crippen molar-refractivity contribution in [2.45, 2.75) is 18.6 Å². The quantitative estimate of drug-likeness (QED) is 0.339. The van der Waals surface area contributed by atoms with E-state index < -0.39 is 23.5 Å². The van der Waals surface area contributed by atoms with Gasteiger partial charge in [-0.15, -0.1) is 5.10 Å². The maximum Gasteiger partial charge on any atom is 0.318 e. The molecule has 1 aliphatic heterocycles. The first-order valence-corrected chi connectivity index (χ1v) is 10.8. The summed E-state index contributed by atoms with van der Waals surface area (Å²) >= 11 is 0. The van der Waals surface area contributed by atoms with Crippen molar-refractivity contribution in [3.63, 3.8) is 0 Å². The number of nitrogens with zero attached hydrogens (tertiary/aromatic N) is 6. The van der Waals surface area contributed by atoms with Crippen molar-refractivity contribution in [1.29, 1.82) is 0 Å². The van der Waals surface area contributed by atoms with Crippen LogP contribution in [0.3, 0.4) is 0 Å². The van der Waals surface area contributed by atoms with Crippen LogP contribution >= 0.6 is 0 Å². The van der Waals surface area contributed by atoms with Gasteiger partial charge in [-0.3, -0.25) is 14.5 Å². The number of hydrogen-bond donors (Lipinski definition) is 3. The van der Waals surface area contributed by atoms with Crippen molar-refractivity contribution in [1.82, 2.24) is 24.9 Å². The molecule has 4 N–H and O–H groups in total. The van der Waals surface area contributed by atoms with Crippen LogP contribution in [0.2, 0.25) is 0 Å². The van der Waals surface area contributed by atoms with Crippen molar-refractivity contribution in [3.05, 3.63) is 42.7 Å². The Bertz CT molecular complexity index is 1450. The highest BCUT2D eigenvalue weighted by molar-refractivity contribution is 6.06. The predicted molar refractivity (Wildman–Crippen MR) is 125 cm³/mol. The molecule has 5 rings (SSSR count). The number of ether oxygens (including phenoxy) is 2. The Morgan fingerprint density at radius 2 is 2.14 bits per heavy atom. The zero-order chi connectivity index (χ0) is 25.4. The molecular weight excluding hydrogens is 472 g/mol. The van der Waals surface area contributed by atoms with E-state index in [1.165, 1.54) is 35.9 Å². The second kappa shape index (κ2) is 8.90.